The van der Waals surface area contributed by atoms with Gasteiger partial charge in [0.15, 0.2) is 5.82 Å². The molecule has 0 radical (unpaired) electrons. The summed E-state index contributed by atoms with van der Waals surface area (Å²) in [4.78, 5) is 26.9. The van der Waals surface area contributed by atoms with Gasteiger partial charge in [-0.15, -0.1) is 0 Å². The highest BCUT2D eigenvalue weighted by molar-refractivity contribution is 6.30. The topological polar surface area (TPSA) is 106 Å². The minimum absolute atomic E-state index is 0.127. The van der Waals surface area contributed by atoms with E-state index in [1.54, 1.807) is 24.4 Å². The summed E-state index contributed by atoms with van der Waals surface area (Å²) >= 11 is 5.90. The van der Waals surface area contributed by atoms with Crippen LogP contribution in [0.2, 0.25) is 5.02 Å². The molecule has 1 saturated heterocycles. The number of nitrogens with one attached hydrogen (secondary N) is 2. The third kappa shape index (κ3) is 6.32. The molecule has 0 aliphatic carbocycles. The minimum Gasteiger partial charge on any atom is -0.453 e. The van der Waals surface area contributed by atoms with E-state index in [2.05, 4.69) is 30.5 Å². The van der Waals surface area contributed by atoms with Crippen LogP contribution >= 0.6 is 11.6 Å². The highest BCUT2D eigenvalue weighted by atomic mass is 35.5. The number of anilines is 2. The van der Waals surface area contributed by atoms with Gasteiger partial charge in [0.05, 0.1) is 47.4 Å². The Bertz CT molecular complexity index is 1450. The molecule has 2 bridgehead atoms. The molecule has 0 saturated carbocycles. The maximum Gasteiger partial charge on any atom is 0.411 e. The zero-order chi connectivity index (χ0) is 29.1. The summed E-state index contributed by atoms with van der Waals surface area (Å²) in [7, 11) is 1.27. The van der Waals surface area contributed by atoms with Gasteiger partial charge >= 0.3 is 6.09 Å². The molecule has 5 rings (SSSR count). The number of hydrogen-bond acceptors (Lipinski definition) is 7. The second-order valence-corrected chi connectivity index (χ2v) is 10.6. The molecule has 3 unspecified atom stereocenters. The van der Waals surface area contributed by atoms with Crippen LogP contribution in [0.15, 0.2) is 42.6 Å². The van der Waals surface area contributed by atoms with Crippen LogP contribution in [0.25, 0.3) is 11.1 Å². The van der Waals surface area contributed by atoms with Gasteiger partial charge in [0.25, 0.3) is 0 Å². The average Bonchev–Trinajstić information content (AvgIpc) is 2.97. The average molecular weight is 586 g/mol. The SMILES string of the molecule is COC(=O)Nc1ccc2c(c1)NC(=O)C(C)CCCC(N1CCC(c3c(F)ccc(Cl)c3F)OC1)c1cc-2cnn1. The van der Waals surface area contributed by atoms with Crippen LogP contribution in [0.1, 0.15) is 56.0 Å². The molecule has 1 aromatic heterocycles. The van der Waals surface area contributed by atoms with Crippen molar-refractivity contribution in [3.8, 4) is 11.1 Å². The fourth-order valence-corrected chi connectivity index (χ4v) is 5.45. The van der Waals surface area contributed by atoms with Crippen molar-refractivity contribution in [2.45, 2.75) is 44.8 Å². The molecule has 2 N–H and O–H groups in total. The Morgan fingerprint density at radius 3 is 2.78 bits per heavy atom. The molecule has 3 heterocycles. The van der Waals surface area contributed by atoms with Crippen molar-refractivity contribution >= 4 is 35.0 Å². The van der Waals surface area contributed by atoms with Crippen LogP contribution in [-0.4, -0.2) is 47.5 Å². The van der Waals surface area contributed by atoms with Gasteiger partial charge in [-0.2, -0.15) is 10.2 Å². The van der Waals surface area contributed by atoms with E-state index >= 15 is 0 Å². The molecule has 12 heteroatoms. The van der Waals surface area contributed by atoms with Crippen LogP contribution in [0.3, 0.4) is 0 Å². The fraction of sp³-hybridized carbons (Fsp3) is 0.379. The van der Waals surface area contributed by atoms with E-state index in [0.29, 0.717) is 48.4 Å². The number of rotatable bonds is 3. The number of carbonyl (C=O) groups excluding carboxylic acids is 2. The summed E-state index contributed by atoms with van der Waals surface area (Å²) in [6.07, 6.45) is 2.60. The molecule has 41 heavy (non-hydrogen) atoms. The highest BCUT2D eigenvalue weighted by Gasteiger charge is 2.32. The first-order chi connectivity index (χ1) is 19.7. The van der Waals surface area contributed by atoms with E-state index in [-0.39, 0.29) is 35.2 Å². The number of aromatic nitrogens is 2. The number of nitrogens with zero attached hydrogens (tertiary/aromatic N) is 3. The van der Waals surface area contributed by atoms with Crippen molar-refractivity contribution in [1.29, 1.82) is 0 Å². The lowest BCUT2D eigenvalue weighted by Crippen LogP contribution is -2.38. The Balaban J connectivity index is 1.44. The maximum atomic E-state index is 14.6. The largest absolute Gasteiger partial charge is 0.453 e. The summed E-state index contributed by atoms with van der Waals surface area (Å²) < 4.78 is 39.8. The molecule has 3 aromatic rings. The molecular weight excluding hydrogens is 556 g/mol. The molecule has 2 aromatic carbocycles. The zero-order valence-electron chi connectivity index (χ0n) is 22.6. The summed E-state index contributed by atoms with van der Waals surface area (Å²) in [5.41, 5.74) is 2.97. The molecular formula is C29H30ClF2N5O4. The Morgan fingerprint density at radius 1 is 1.20 bits per heavy atom. The third-order valence-corrected chi connectivity index (χ3v) is 7.85. The number of fused-ring (bicyclic) bond motifs is 4. The minimum atomic E-state index is -0.800. The van der Waals surface area contributed by atoms with Crippen molar-refractivity contribution < 1.29 is 27.8 Å². The van der Waals surface area contributed by atoms with Crippen molar-refractivity contribution in [1.82, 2.24) is 15.1 Å². The second-order valence-electron chi connectivity index (χ2n) is 10.2. The first-order valence-corrected chi connectivity index (χ1v) is 13.7. The number of benzene rings is 2. The Labute approximate surface area is 241 Å². The van der Waals surface area contributed by atoms with Crippen molar-refractivity contribution in [2.75, 3.05) is 31.0 Å². The summed E-state index contributed by atoms with van der Waals surface area (Å²) in [5, 5.41) is 14.2. The monoisotopic (exact) mass is 585 g/mol. The number of carbonyl (C=O) groups is 2. The molecule has 1 fully saturated rings. The Hall–Kier alpha value is -3.67. The van der Waals surface area contributed by atoms with E-state index in [4.69, 9.17) is 16.3 Å². The van der Waals surface area contributed by atoms with E-state index in [0.717, 1.165) is 18.1 Å². The Kier molecular flexibility index (Phi) is 8.77. The molecule has 2 aliphatic heterocycles. The second kappa shape index (κ2) is 12.5. The van der Waals surface area contributed by atoms with Crippen molar-refractivity contribution in [3.63, 3.8) is 0 Å². The number of ether oxygens (including phenoxy) is 2. The number of halogens is 3. The van der Waals surface area contributed by atoms with E-state index < -0.39 is 23.8 Å². The van der Waals surface area contributed by atoms with Crippen LogP contribution in [0.5, 0.6) is 0 Å². The summed E-state index contributed by atoms with van der Waals surface area (Å²) in [6.45, 7) is 2.50. The van der Waals surface area contributed by atoms with Crippen LogP contribution in [0.4, 0.5) is 25.0 Å². The maximum absolute atomic E-state index is 14.6. The molecule has 9 nitrogen and oxygen atoms in total. The third-order valence-electron chi connectivity index (χ3n) is 7.56. The molecule has 3 atom stereocenters. The first kappa shape index (κ1) is 28.8. The van der Waals surface area contributed by atoms with Crippen LogP contribution in [-0.2, 0) is 14.3 Å². The predicted octanol–water partition coefficient (Wildman–Crippen LogP) is 6.47. The molecule has 2 amide bonds. The van der Waals surface area contributed by atoms with E-state index in [1.165, 1.54) is 13.2 Å². The van der Waals surface area contributed by atoms with Gasteiger partial charge in [-0.05, 0) is 49.6 Å². The van der Waals surface area contributed by atoms with Gasteiger partial charge in [0.1, 0.15) is 12.5 Å². The molecule has 216 valence electrons. The van der Waals surface area contributed by atoms with Gasteiger partial charge in [0.2, 0.25) is 5.91 Å². The van der Waals surface area contributed by atoms with E-state index in [1.807, 2.05) is 13.0 Å². The zero-order valence-corrected chi connectivity index (χ0v) is 23.4. The molecule has 0 spiro atoms. The highest BCUT2D eigenvalue weighted by Crippen LogP contribution is 2.38. The van der Waals surface area contributed by atoms with Crippen LogP contribution < -0.4 is 10.6 Å². The van der Waals surface area contributed by atoms with Gasteiger partial charge in [0, 0.05) is 29.3 Å². The summed E-state index contributed by atoms with van der Waals surface area (Å²) in [6, 6.07) is 9.23. The lowest BCUT2D eigenvalue weighted by Gasteiger charge is -2.37. The Morgan fingerprint density at radius 2 is 2.02 bits per heavy atom. The number of methoxy groups -OCH3 is 1. The predicted molar refractivity (Wildman–Crippen MR) is 149 cm³/mol. The van der Waals surface area contributed by atoms with Crippen molar-refractivity contribution in [3.05, 3.63) is 70.5 Å². The first-order valence-electron chi connectivity index (χ1n) is 13.4. The lowest BCUT2D eigenvalue weighted by molar-refractivity contribution is -0.119. The number of hydrogen-bond donors (Lipinski definition) is 2. The summed E-state index contributed by atoms with van der Waals surface area (Å²) in [5.74, 6) is -1.91. The van der Waals surface area contributed by atoms with E-state index in [9.17, 15) is 18.4 Å². The van der Waals surface area contributed by atoms with Gasteiger partial charge in [-0.1, -0.05) is 31.0 Å². The fourth-order valence-electron chi connectivity index (χ4n) is 5.29. The standard InChI is InChI=1S/C29H30ClF2N5O4/c1-16-4-3-5-24(37-11-10-25(41-15-37)26-21(31)9-8-20(30)27(26)32)23-12-17(14-33-36-23)19-7-6-18(34-29(39)40-2)13-22(19)35-28(16)38/h6-9,12-14,16,24-25H,3-5,10-11,15H2,1-2H3,(H,34,39)(H,35,38). The normalized spacial score (nSPS) is 21.6. The lowest BCUT2D eigenvalue weighted by atomic mass is 9.94. The quantitative estimate of drug-likeness (QED) is 0.339. The number of amides is 2. The molecule has 2 aliphatic rings. The van der Waals surface area contributed by atoms with Crippen molar-refractivity contribution in [2.24, 2.45) is 5.92 Å². The van der Waals surface area contributed by atoms with Gasteiger partial charge in [-0.25, -0.2) is 13.6 Å². The smallest absolute Gasteiger partial charge is 0.411 e. The van der Waals surface area contributed by atoms with Crippen LogP contribution in [0, 0.1) is 17.6 Å². The van der Waals surface area contributed by atoms with Gasteiger partial charge in [-0.3, -0.25) is 15.0 Å². The van der Waals surface area contributed by atoms with Gasteiger partial charge < -0.3 is 14.8 Å².